The van der Waals surface area contributed by atoms with Crippen LogP contribution in [0, 0.1) is 5.92 Å². The van der Waals surface area contributed by atoms with E-state index in [2.05, 4.69) is 5.32 Å². The highest BCUT2D eigenvalue weighted by molar-refractivity contribution is 4.96. The quantitative estimate of drug-likeness (QED) is 0.845. The van der Waals surface area contributed by atoms with Crippen molar-refractivity contribution in [3.05, 3.63) is 0 Å². The average Bonchev–Trinajstić information content (AvgIpc) is 2.72. The molecule has 1 saturated heterocycles. The summed E-state index contributed by atoms with van der Waals surface area (Å²) in [6.07, 6.45) is 0.955. The molecule has 2 aliphatic rings. The number of hydrogen-bond acceptors (Lipinski definition) is 2. The third-order valence-electron chi connectivity index (χ3n) is 4.29. The maximum atomic E-state index is 13.1. The fourth-order valence-corrected chi connectivity index (χ4v) is 3.49. The zero-order valence-corrected chi connectivity index (χ0v) is 10.9. The molecule has 1 heterocycles. The van der Waals surface area contributed by atoms with Gasteiger partial charge >= 0.3 is 6.18 Å². The first kappa shape index (κ1) is 14.1. The van der Waals surface area contributed by atoms with Gasteiger partial charge in [-0.1, -0.05) is 19.8 Å². The summed E-state index contributed by atoms with van der Waals surface area (Å²) in [7, 11) is 0. The fourth-order valence-electron chi connectivity index (χ4n) is 3.49. The zero-order valence-electron chi connectivity index (χ0n) is 10.9. The first-order valence-electron chi connectivity index (χ1n) is 6.91. The Morgan fingerprint density at radius 2 is 2.00 bits per heavy atom. The van der Waals surface area contributed by atoms with Gasteiger partial charge in [0, 0.05) is 6.61 Å². The van der Waals surface area contributed by atoms with Crippen molar-refractivity contribution >= 4 is 0 Å². The van der Waals surface area contributed by atoms with E-state index in [9.17, 15) is 13.2 Å². The molecule has 0 aromatic carbocycles. The minimum atomic E-state index is -4.15. The molecular weight excluding hydrogens is 243 g/mol. The Bertz CT molecular complexity index is 274. The molecule has 1 spiro atoms. The van der Waals surface area contributed by atoms with Gasteiger partial charge in [-0.05, 0) is 38.1 Å². The molecule has 0 aromatic heterocycles. The van der Waals surface area contributed by atoms with Crippen LogP contribution in [-0.4, -0.2) is 31.0 Å². The molecule has 1 saturated carbocycles. The van der Waals surface area contributed by atoms with Gasteiger partial charge in [-0.25, -0.2) is 0 Å². The van der Waals surface area contributed by atoms with Gasteiger partial charge in [-0.2, -0.15) is 13.2 Å². The summed E-state index contributed by atoms with van der Waals surface area (Å²) >= 11 is 0. The first-order chi connectivity index (χ1) is 8.47. The van der Waals surface area contributed by atoms with Crippen LogP contribution in [0.3, 0.4) is 0 Å². The van der Waals surface area contributed by atoms with Gasteiger partial charge in [-0.15, -0.1) is 0 Å². The fraction of sp³-hybridized carbons (Fsp3) is 1.00. The number of halogens is 3. The van der Waals surface area contributed by atoms with Crippen molar-refractivity contribution < 1.29 is 17.9 Å². The summed E-state index contributed by atoms with van der Waals surface area (Å²) in [5.41, 5.74) is -0.248. The summed E-state index contributed by atoms with van der Waals surface area (Å²) in [5, 5.41) is 2.62. The Balaban J connectivity index is 2.06. The second kappa shape index (κ2) is 5.37. The van der Waals surface area contributed by atoms with Gasteiger partial charge in [0.1, 0.15) is 6.04 Å². The normalized spacial score (nSPS) is 29.7. The van der Waals surface area contributed by atoms with E-state index in [1.54, 1.807) is 6.92 Å². The lowest BCUT2D eigenvalue weighted by Gasteiger charge is -2.41. The van der Waals surface area contributed by atoms with E-state index in [1.807, 2.05) is 0 Å². The number of nitrogens with one attached hydrogen (secondary N) is 1. The number of ether oxygens (including phenoxy) is 1. The Morgan fingerprint density at radius 1 is 1.33 bits per heavy atom. The molecule has 1 aliphatic heterocycles. The average molecular weight is 265 g/mol. The number of rotatable bonds is 3. The summed E-state index contributed by atoms with van der Waals surface area (Å²) in [5.74, 6) is -0.336. The lowest BCUT2D eigenvalue weighted by molar-refractivity contribution is -0.186. The molecule has 0 radical (unpaired) electrons. The van der Waals surface area contributed by atoms with Crippen LogP contribution in [0.2, 0.25) is 0 Å². The molecular formula is C13H22F3NO. The van der Waals surface area contributed by atoms with Gasteiger partial charge in [0.05, 0.1) is 5.60 Å². The zero-order chi connectivity index (χ0) is 13.2. The van der Waals surface area contributed by atoms with Crippen molar-refractivity contribution in [2.45, 2.75) is 63.3 Å². The van der Waals surface area contributed by atoms with Crippen molar-refractivity contribution in [2.24, 2.45) is 5.92 Å². The largest absolute Gasteiger partial charge is 0.404 e. The molecule has 18 heavy (non-hydrogen) atoms. The van der Waals surface area contributed by atoms with E-state index in [0.717, 1.165) is 25.7 Å². The molecule has 2 atom stereocenters. The standard InChI is InChI=1S/C13H22F3NO/c1-2-17-11(13(14,15)16)10-5-8-18-12(9-10)6-3-4-7-12/h10-11,17H,2-9H2,1H3. The Hall–Kier alpha value is -0.290. The minimum absolute atomic E-state index is 0.248. The van der Waals surface area contributed by atoms with Crippen molar-refractivity contribution in [3.63, 3.8) is 0 Å². The van der Waals surface area contributed by atoms with Crippen molar-refractivity contribution in [2.75, 3.05) is 13.2 Å². The lowest BCUT2D eigenvalue weighted by atomic mass is 9.80. The van der Waals surface area contributed by atoms with Gasteiger partial charge in [0.2, 0.25) is 0 Å². The molecule has 0 amide bonds. The monoisotopic (exact) mass is 265 g/mol. The first-order valence-corrected chi connectivity index (χ1v) is 6.91. The third kappa shape index (κ3) is 2.99. The van der Waals surface area contributed by atoms with Gasteiger partial charge < -0.3 is 10.1 Å². The second-order valence-corrected chi connectivity index (χ2v) is 5.57. The smallest absolute Gasteiger partial charge is 0.375 e. The van der Waals surface area contributed by atoms with E-state index >= 15 is 0 Å². The SMILES string of the molecule is CCNC(C1CCOC2(CCCC2)C1)C(F)(F)F. The Kier molecular flexibility index (Phi) is 4.22. The molecule has 1 N–H and O–H groups in total. The highest BCUT2D eigenvalue weighted by Gasteiger charge is 2.49. The molecule has 106 valence electrons. The lowest BCUT2D eigenvalue weighted by Crippen LogP contribution is -2.52. The molecule has 0 aromatic rings. The summed E-state index contributed by atoms with van der Waals surface area (Å²) < 4.78 is 45.0. The maximum absolute atomic E-state index is 13.1. The maximum Gasteiger partial charge on any atom is 0.404 e. The van der Waals surface area contributed by atoms with Gasteiger partial charge in [0.15, 0.2) is 0 Å². The highest BCUT2D eigenvalue weighted by Crippen LogP contribution is 2.44. The topological polar surface area (TPSA) is 21.3 Å². The van der Waals surface area contributed by atoms with Crippen LogP contribution in [-0.2, 0) is 4.74 Å². The van der Waals surface area contributed by atoms with Crippen LogP contribution in [0.25, 0.3) is 0 Å². The summed E-state index contributed by atoms with van der Waals surface area (Å²) in [6, 6.07) is -1.37. The van der Waals surface area contributed by atoms with Crippen LogP contribution in [0.5, 0.6) is 0 Å². The number of hydrogen-bond donors (Lipinski definition) is 1. The molecule has 2 rings (SSSR count). The summed E-state index contributed by atoms with van der Waals surface area (Å²) in [6.45, 7) is 2.56. The van der Waals surface area contributed by atoms with Gasteiger partial charge in [0.25, 0.3) is 0 Å². The molecule has 2 nitrogen and oxygen atoms in total. The minimum Gasteiger partial charge on any atom is -0.375 e. The highest BCUT2D eigenvalue weighted by atomic mass is 19.4. The van der Waals surface area contributed by atoms with Crippen LogP contribution < -0.4 is 5.32 Å². The van der Waals surface area contributed by atoms with Crippen molar-refractivity contribution in [3.8, 4) is 0 Å². The third-order valence-corrected chi connectivity index (χ3v) is 4.29. The number of alkyl halides is 3. The Morgan fingerprint density at radius 3 is 2.56 bits per heavy atom. The molecule has 2 unspecified atom stereocenters. The molecule has 0 bridgehead atoms. The predicted octanol–water partition coefficient (Wildman–Crippen LogP) is 3.27. The van der Waals surface area contributed by atoms with E-state index in [1.165, 1.54) is 0 Å². The molecule has 5 heteroatoms. The summed E-state index contributed by atoms with van der Waals surface area (Å²) in [4.78, 5) is 0. The van der Waals surface area contributed by atoms with Crippen LogP contribution in [0.15, 0.2) is 0 Å². The van der Waals surface area contributed by atoms with Crippen LogP contribution in [0.1, 0.15) is 45.4 Å². The molecule has 2 fully saturated rings. The van der Waals surface area contributed by atoms with E-state index in [4.69, 9.17) is 4.74 Å². The Labute approximate surface area is 106 Å². The van der Waals surface area contributed by atoms with E-state index < -0.39 is 12.2 Å². The van der Waals surface area contributed by atoms with Crippen LogP contribution in [0.4, 0.5) is 13.2 Å². The molecule has 1 aliphatic carbocycles. The van der Waals surface area contributed by atoms with Crippen molar-refractivity contribution in [1.82, 2.24) is 5.32 Å². The second-order valence-electron chi connectivity index (χ2n) is 5.57. The predicted molar refractivity (Wildman–Crippen MR) is 63.4 cm³/mol. The van der Waals surface area contributed by atoms with Crippen molar-refractivity contribution in [1.29, 1.82) is 0 Å². The van der Waals surface area contributed by atoms with E-state index in [-0.39, 0.29) is 11.5 Å². The van der Waals surface area contributed by atoms with E-state index in [0.29, 0.717) is 26.0 Å². The van der Waals surface area contributed by atoms with Crippen LogP contribution >= 0.6 is 0 Å². The van der Waals surface area contributed by atoms with Gasteiger partial charge in [-0.3, -0.25) is 0 Å².